The summed E-state index contributed by atoms with van der Waals surface area (Å²) >= 11 is 0. The third-order valence-corrected chi connectivity index (χ3v) is 4.68. The molecule has 9 heteroatoms. The lowest BCUT2D eigenvalue weighted by Gasteiger charge is -2.35. The smallest absolute Gasteiger partial charge is 0.361 e. The molecule has 122 valence electrons. The van der Waals surface area contributed by atoms with Gasteiger partial charge in [0.05, 0.1) is 19.3 Å². The number of hydrogen-bond acceptors (Lipinski definition) is 7. The molecule has 1 N–H and O–H groups in total. The Bertz CT molecular complexity index is 787. The molecular weight excluding hydrogens is 306 g/mol. The lowest BCUT2D eigenvalue weighted by molar-refractivity contribution is 0.0513. The number of carbonyl (C=O) groups excluding carboxylic acids is 2. The van der Waals surface area contributed by atoms with E-state index in [2.05, 4.69) is 4.98 Å². The second kappa shape index (κ2) is 4.54. The maximum Gasteiger partial charge on any atom is 0.361 e. The Hall–Kier alpha value is -2.42. The van der Waals surface area contributed by atoms with Crippen molar-refractivity contribution in [3.05, 3.63) is 21.9 Å². The van der Waals surface area contributed by atoms with Gasteiger partial charge in [-0.3, -0.25) is 4.79 Å². The lowest BCUT2D eigenvalue weighted by atomic mass is 9.89. The number of fused-ring (bicyclic) bond motifs is 2. The van der Waals surface area contributed by atoms with Crippen LogP contribution >= 0.6 is 0 Å². The molecule has 2 bridgehead atoms. The minimum absolute atomic E-state index is 0.00217. The van der Waals surface area contributed by atoms with Gasteiger partial charge in [0, 0.05) is 13.0 Å². The standard InChI is InChI=1S/C14H15N3O6/c1-2-22-11(20)8-9(18)10(19)17-12(15-8)14-5-7(23-6-14)3-4-16(14)13(17)21/h7,18H,2-6H2,1H3/t7-,14-/m1/s1. The highest BCUT2D eigenvalue weighted by Gasteiger charge is 2.59. The topological polar surface area (TPSA) is 111 Å². The Balaban J connectivity index is 1.94. The fourth-order valence-electron chi connectivity index (χ4n) is 3.63. The predicted octanol–water partition coefficient (Wildman–Crippen LogP) is -0.203. The van der Waals surface area contributed by atoms with E-state index in [0.29, 0.717) is 19.4 Å². The maximum atomic E-state index is 12.6. The number of carbonyl (C=O) groups is 2. The van der Waals surface area contributed by atoms with Gasteiger partial charge in [0.2, 0.25) is 5.75 Å². The number of amides is 1. The Morgan fingerprint density at radius 1 is 1.52 bits per heavy atom. The van der Waals surface area contributed by atoms with E-state index < -0.39 is 34.5 Å². The van der Waals surface area contributed by atoms with Crippen LogP contribution < -0.4 is 5.56 Å². The molecule has 0 unspecified atom stereocenters. The second-order valence-corrected chi connectivity index (χ2v) is 5.89. The van der Waals surface area contributed by atoms with Crippen molar-refractivity contribution < 1.29 is 24.2 Å². The molecule has 2 fully saturated rings. The number of rotatable bonds is 2. The number of nitrogens with zero attached hydrogens (tertiary/aromatic N) is 3. The van der Waals surface area contributed by atoms with Crippen LogP contribution in [0.1, 0.15) is 36.1 Å². The third-order valence-electron chi connectivity index (χ3n) is 4.68. The van der Waals surface area contributed by atoms with Crippen molar-refractivity contribution in [3.8, 4) is 5.75 Å². The van der Waals surface area contributed by atoms with Crippen LogP contribution in [0.3, 0.4) is 0 Å². The highest BCUT2D eigenvalue weighted by molar-refractivity contribution is 5.91. The fraction of sp³-hybridized carbons (Fsp3) is 0.571. The van der Waals surface area contributed by atoms with Gasteiger partial charge in [-0.15, -0.1) is 0 Å². The zero-order valence-electron chi connectivity index (χ0n) is 12.4. The van der Waals surface area contributed by atoms with Crippen molar-refractivity contribution >= 4 is 12.0 Å². The van der Waals surface area contributed by atoms with Crippen LogP contribution in [0.15, 0.2) is 4.79 Å². The van der Waals surface area contributed by atoms with Crippen LogP contribution in [0.4, 0.5) is 4.79 Å². The summed E-state index contributed by atoms with van der Waals surface area (Å²) in [7, 11) is 0. The Morgan fingerprint density at radius 2 is 2.30 bits per heavy atom. The van der Waals surface area contributed by atoms with Gasteiger partial charge in [0.25, 0.3) is 0 Å². The number of piperidine rings is 1. The zero-order valence-corrected chi connectivity index (χ0v) is 12.4. The molecule has 0 aliphatic carbocycles. The highest BCUT2D eigenvalue weighted by atomic mass is 16.5. The first-order valence-corrected chi connectivity index (χ1v) is 7.47. The first-order chi connectivity index (χ1) is 11.0. The minimum Gasteiger partial charge on any atom is -0.501 e. The van der Waals surface area contributed by atoms with Crippen molar-refractivity contribution in [1.29, 1.82) is 0 Å². The number of esters is 1. The minimum atomic E-state index is -0.949. The summed E-state index contributed by atoms with van der Waals surface area (Å²) in [6.07, 6.45) is 1.22. The lowest BCUT2D eigenvalue weighted by Crippen LogP contribution is -2.48. The van der Waals surface area contributed by atoms with Gasteiger partial charge in [0.15, 0.2) is 5.69 Å². The first kappa shape index (κ1) is 14.2. The molecule has 4 heterocycles. The summed E-state index contributed by atoms with van der Waals surface area (Å²) in [5, 5.41) is 9.98. The van der Waals surface area contributed by atoms with E-state index in [1.54, 1.807) is 11.8 Å². The molecule has 4 rings (SSSR count). The molecule has 3 aliphatic heterocycles. The van der Waals surface area contributed by atoms with Crippen LogP contribution in [0, 0.1) is 0 Å². The van der Waals surface area contributed by atoms with E-state index in [-0.39, 0.29) is 25.1 Å². The first-order valence-electron chi connectivity index (χ1n) is 7.47. The van der Waals surface area contributed by atoms with E-state index in [4.69, 9.17) is 9.47 Å². The number of ether oxygens (including phenoxy) is 2. The quantitative estimate of drug-likeness (QED) is 0.751. The van der Waals surface area contributed by atoms with Crippen molar-refractivity contribution in [2.24, 2.45) is 0 Å². The SMILES string of the molecule is CCOC(=O)c1nc2n(c(=O)c1O)C(=O)N1CC[C@@H]3C[C@@]21CO3. The van der Waals surface area contributed by atoms with Crippen LogP contribution in [0.2, 0.25) is 0 Å². The average Bonchev–Trinajstić information content (AvgIpc) is 2.99. The molecule has 1 aromatic rings. The molecule has 23 heavy (non-hydrogen) atoms. The molecular formula is C14H15N3O6. The molecule has 2 atom stereocenters. The van der Waals surface area contributed by atoms with Gasteiger partial charge in [0.1, 0.15) is 11.4 Å². The van der Waals surface area contributed by atoms with Crippen molar-refractivity contribution in [2.45, 2.75) is 31.4 Å². The Kier molecular flexibility index (Phi) is 2.80. The summed E-state index contributed by atoms with van der Waals surface area (Å²) in [5.41, 5.74) is -2.25. The predicted molar refractivity (Wildman–Crippen MR) is 74.3 cm³/mol. The molecule has 0 saturated carbocycles. The highest BCUT2D eigenvalue weighted by Crippen LogP contribution is 2.47. The summed E-state index contributed by atoms with van der Waals surface area (Å²) in [6.45, 7) is 2.36. The largest absolute Gasteiger partial charge is 0.501 e. The Labute approximate surface area is 130 Å². The van der Waals surface area contributed by atoms with Gasteiger partial charge in [-0.05, 0) is 13.3 Å². The normalized spacial score (nSPS) is 27.8. The van der Waals surface area contributed by atoms with Gasteiger partial charge >= 0.3 is 17.6 Å². The molecule has 0 aromatic carbocycles. The van der Waals surface area contributed by atoms with Crippen LogP contribution in [0.5, 0.6) is 5.75 Å². The summed E-state index contributed by atoms with van der Waals surface area (Å²) < 4.78 is 11.3. The van der Waals surface area contributed by atoms with Crippen molar-refractivity contribution in [3.63, 3.8) is 0 Å². The Morgan fingerprint density at radius 3 is 3.04 bits per heavy atom. The fourth-order valence-corrected chi connectivity index (χ4v) is 3.63. The third kappa shape index (κ3) is 1.65. The van der Waals surface area contributed by atoms with Crippen LogP contribution in [-0.4, -0.2) is 57.4 Å². The van der Waals surface area contributed by atoms with Crippen molar-refractivity contribution in [1.82, 2.24) is 14.5 Å². The summed E-state index contributed by atoms with van der Waals surface area (Å²) in [6, 6.07) is -0.535. The monoisotopic (exact) mass is 321 g/mol. The second-order valence-electron chi connectivity index (χ2n) is 5.89. The molecule has 1 spiro atoms. The zero-order chi connectivity index (χ0) is 16.4. The van der Waals surface area contributed by atoms with Crippen LogP contribution in [-0.2, 0) is 15.0 Å². The molecule has 1 amide bonds. The van der Waals surface area contributed by atoms with Crippen molar-refractivity contribution in [2.75, 3.05) is 19.8 Å². The molecule has 3 aliphatic rings. The average molecular weight is 321 g/mol. The van der Waals surface area contributed by atoms with E-state index in [1.165, 1.54) is 0 Å². The summed E-state index contributed by atoms with van der Waals surface area (Å²) in [5.74, 6) is -1.61. The van der Waals surface area contributed by atoms with Gasteiger partial charge in [-0.2, -0.15) is 0 Å². The van der Waals surface area contributed by atoms with E-state index in [1.807, 2.05) is 0 Å². The van der Waals surface area contributed by atoms with Gasteiger partial charge in [-0.1, -0.05) is 0 Å². The molecule has 9 nitrogen and oxygen atoms in total. The summed E-state index contributed by atoms with van der Waals surface area (Å²) in [4.78, 5) is 42.6. The number of aromatic hydroxyl groups is 1. The van der Waals surface area contributed by atoms with E-state index in [9.17, 15) is 19.5 Å². The number of aromatic nitrogens is 2. The molecule has 0 radical (unpaired) electrons. The van der Waals surface area contributed by atoms with Crippen LogP contribution in [0.25, 0.3) is 0 Å². The number of hydrogen-bond donors (Lipinski definition) is 1. The molecule has 2 saturated heterocycles. The van der Waals surface area contributed by atoms with E-state index >= 15 is 0 Å². The van der Waals surface area contributed by atoms with E-state index in [0.717, 1.165) is 4.57 Å². The maximum absolute atomic E-state index is 12.6. The molecule has 1 aromatic heterocycles. The van der Waals surface area contributed by atoms with Gasteiger partial charge < -0.3 is 19.5 Å². The van der Waals surface area contributed by atoms with Gasteiger partial charge in [-0.25, -0.2) is 19.1 Å².